The van der Waals surface area contributed by atoms with E-state index in [9.17, 15) is 13.2 Å². The van der Waals surface area contributed by atoms with Crippen molar-refractivity contribution in [2.24, 2.45) is 0 Å². The van der Waals surface area contributed by atoms with Gasteiger partial charge in [0.2, 0.25) is 0 Å². The van der Waals surface area contributed by atoms with Crippen molar-refractivity contribution in [2.45, 2.75) is 49.0 Å². The zero-order valence-electron chi connectivity index (χ0n) is 15.9. The van der Waals surface area contributed by atoms with Gasteiger partial charge in [0, 0.05) is 0 Å². The van der Waals surface area contributed by atoms with Crippen molar-refractivity contribution in [3.63, 3.8) is 0 Å². The van der Waals surface area contributed by atoms with Crippen molar-refractivity contribution in [3.8, 4) is 0 Å². The summed E-state index contributed by atoms with van der Waals surface area (Å²) in [6, 6.07) is 14.7. The number of anilines is 1. The Morgan fingerprint density at radius 1 is 1.00 bits per heavy atom. The van der Waals surface area contributed by atoms with E-state index in [4.69, 9.17) is 0 Å². The third-order valence-corrected chi connectivity index (χ3v) is 9.49. The molecular weight excluding hydrogens is 439 g/mol. The van der Waals surface area contributed by atoms with Crippen molar-refractivity contribution in [2.75, 3.05) is 10.8 Å². The Morgan fingerprint density at radius 3 is 2.54 bits per heavy atom. The molecule has 1 atom stereocenters. The average molecular weight is 463 g/mol. The molecule has 7 heteroatoms. The molecule has 4 rings (SSSR count). The summed E-state index contributed by atoms with van der Waals surface area (Å²) in [7, 11) is -3.78. The summed E-state index contributed by atoms with van der Waals surface area (Å²) in [5, 5.41) is 0.681. The molecule has 1 saturated heterocycles. The van der Waals surface area contributed by atoms with Gasteiger partial charge in [-0.15, -0.1) is 0 Å². The molecule has 2 aromatic rings. The van der Waals surface area contributed by atoms with E-state index in [1.54, 1.807) is 12.1 Å². The molecule has 0 spiro atoms. The summed E-state index contributed by atoms with van der Waals surface area (Å²) in [4.78, 5) is 14.9. The first-order valence-corrected chi connectivity index (χ1v) is 13.1. The quantitative estimate of drug-likeness (QED) is 0.658. The Labute approximate surface area is 172 Å². The Hall–Kier alpha value is -1.82. The standard InChI is InChI=1S/C21H24N2O3SSe/c1-16-10-12-17(13-11-16)27(25,26)23-18-7-4-5-8-19(18)28-15-20(23)22-14-6-2-3-9-21(22)24/h4-5,7-8,10-13,20H,2-3,6,9,14-15H2,1H3. The number of carbonyl (C=O) groups excluding carboxylic acids is 1. The van der Waals surface area contributed by atoms with Crippen LogP contribution in [0.3, 0.4) is 0 Å². The normalized spacial score (nSPS) is 20.6. The molecule has 28 heavy (non-hydrogen) atoms. The van der Waals surface area contributed by atoms with E-state index in [2.05, 4.69) is 0 Å². The molecule has 2 aliphatic heterocycles. The summed E-state index contributed by atoms with van der Waals surface area (Å²) in [5.74, 6) is 0.0711. The summed E-state index contributed by atoms with van der Waals surface area (Å²) < 4.78 is 30.0. The first-order chi connectivity index (χ1) is 13.5. The number of sulfonamides is 1. The summed E-state index contributed by atoms with van der Waals surface area (Å²) in [5.41, 5.74) is 1.73. The second-order valence-electron chi connectivity index (χ2n) is 7.27. The van der Waals surface area contributed by atoms with Crippen LogP contribution < -0.4 is 8.77 Å². The number of benzene rings is 2. The molecule has 0 radical (unpaired) electrons. The van der Waals surface area contributed by atoms with Crippen LogP contribution >= 0.6 is 0 Å². The number of likely N-dealkylation sites (tertiary alicyclic amines) is 1. The van der Waals surface area contributed by atoms with Crippen LogP contribution in [0.5, 0.6) is 0 Å². The molecule has 2 aromatic carbocycles. The predicted molar refractivity (Wildman–Crippen MR) is 111 cm³/mol. The van der Waals surface area contributed by atoms with Crippen molar-refractivity contribution in [3.05, 3.63) is 54.1 Å². The van der Waals surface area contributed by atoms with Gasteiger partial charge in [-0.05, 0) is 0 Å². The van der Waals surface area contributed by atoms with E-state index in [0.717, 1.165) is 35.0 Å². The number of fused-ring (bicyclic) bond motifs is 1. The number of nitrogens with zero attached hydrogens (tertiary/aromatic N) is 2. The van der Waals surface area contributed by atoms with Gasteiger partial charge in [0.15, 0.2) is 0 Å². The van der Waals surface area contributed by atoms with Crippen LogP contribution in [0.1, 0.15) is 31.2 Å². The van der Waals surface area contributed by atoms with Gasteiger partial charge in [-0.25, -0.2) is 0 Å². The summed E-state index contributed by atoms with van der Waals surface area (Å²) >= 11 is 0.132. The minimum atomic E-state index is -3.78. The van der Waals surface area contributed by atoms with Crippen LogP contribution in [-0.2, 0) is 14.8 Å². The van der Waals surface area contributed by atoms with Gasteiger partial charge in [0.1, 0.15) is 0 Å². The van der Waals surface area contributed by atoms with Gasteiger partial charge in [0.05, 0.1) is 0 Å². The van der Waals surface area contributed by atoms with Gasteiger partial charge in [-0.2, -0.15) is 0 Å². The first kappa shape index (κ1) is 19.5. The van der Waals surface area contributed by atoms with E-state index in [1.807, 2.05) is 48.2 Å². The number of hydrogen-bond acceptors (Lipinski definition) is 3. The van der Waals surface area contributed by atoms with Crippen molar-refractivity contribution in [1.82, 2.24) is 4.90 Å². The molecule has 5 nitrogen and oxygen atoms in total. The van der Waals surface area contributed by atoms with Crippen molar-refractivity contribution in [1.29, 1.82) is 0 Å². The molecule has 148 valence electrons. The molecule has 2 aliphatic rings. The van der Waals surface area contributed by atoms with E-state index < -0.39 is 16.2 Å². The Kier molecular flexibility index (Phi) is 5.50. The van der Waals surface area contributed by atoms with Crippen molar-refractivity contribution >= 4 is 41.0 Å². The van der Waals surface area contributed by atoms with Crippen LogP contribution in [0.4, 0.5) is 5.69 Å². The second kappa shape index (κ2) is 7.90. The maximum absolute atomic E-state index is 13.7. The fourth-order valence-corrected chi connectivity index (χ4v) is 8.19. The molecule has 2 heterocycles. The molecule has 1 amide bonds. The topological polar surface area (TPSA) is 57.7 Å². The van der Waals surface area contributed by atoms with Crippen LogP contribution in [0, 0.1) is 6.92 Å². The summed E-state index contributed by atoms with van der Waals surface area (Å²) in [6.07, 6.45) is 2.89. The monoisotopic (exact) mass is 464 g/mol. The zero-order valence-corrected chi connectivity index (χ0v) is 18.4. The number of para-hydroxylation sites is 1. The van der Waals surface area contributed by atoms with E-state index in [0.29, 0.717) is 18.3 Å². The third kappa shape index (κ3) is 3.59. The zero-order chi connectivity index (χ0) is 19.7. The van der Waals surface area contributed by atoms with Crippen LogP contribution in [0.2, 0.25) is 5.32 Å². The number of carbonyl (C=O) groups is 1. The molecule has 0 aliphatic carbocycles. The van der Waals surface area contributed by atoms with Gasteiger partial charge in [0.25, 0.3) is 0 Å². The molecular formula is C21H24N2O3SSe. The SMILES string of the molecule is Cc1ccc(S(=O)(=O)N2c3ccccc3[Se]CC2N2CCCCCC2=O)cc1. The predicted octanol–water partition coefficient (Wildman–Crippen LogP) is 2.68. The third-order valence-electron chi connectivity index (χ3n) is 5.31. The van der Waals surface area contributed by atoms with Gasteiger partial charge in [-0.3, -0.25) is 0 Å². The molecule has 1 unspecified atom stereocenters. The molecule has 0 bridgehead atoms. The first-order valence-electron chi connectivity index (χ1n) is 9.61. The molecule has 0 saturated carbocycles. The van der Waals surface area contributed by atoms with E-state index in [-0.39, 0.29) is 25.8 Å². The average Bonchev–Trinajstić information content (AvgIpc) is 2.91. The van der Waals surface area contributed by atoms with Crippen molar-refractivity contribution < 1.29 is 13.2 Å². The number of aryl methyl sites for hydroxylation is 1. The van der Waals surface area contributed by atoms with Crippen LogP contribution in [0.15, 0.2) is 53.4 Å². The summed E-state index contributed by atoms with van der Waals surface area (Å²) in [6.45, 7) is 2.56. The van der Waals surface area contributed by atoms with Crippen LogP contribution in [-0.4, -0.2) is 46.9 Å². The molecule has 1 fully saturated rings. The van der Waals surface area contributed by atoms with Gasteiger partial charge in [-0.1, -0.05) is 0 Å². The van der Waals surface area contributed by atoms with Gasteiger partial charge >= 0.3 is 173 Å². The maximum atomic E-state index is 13.7. The molecule has 0 N–H and O–H groups in total. The minimum absolute atomic E-state index is 0.0711. The Bertz CT molecular complexity index is 975. The van der Waals surface area contributed by atoms with E-state index >= 15 is 0 Å². The van der Waals surface area contributed by atoms with E-state index in [1.165, 1.54) is 4.31 Å². The van der Waals surface area contributed by atoms with Crippen LogP contribution in [0.25, 0.3) is 0 Å². The number of amides is 1. The fraction of sp³-hybridized carbons (Fsp3) is 0.381. The second-order valence-corrected chi connectivity index (χ2v) is 11.3. The Balaban J connectivity index is 1.82. The number of rotatable bonds is 3. The number of hydrogen-bond donors (Lipinski definition) is 0. The Morgan fingerprint density at radius 2 is 1.75 bits per heavy atom. The van der Waals surface area contributed by atoms with Gasteiger partial charge < -0.3 is 0 Å². The fourth-order valence-electron chi connectivity index (χ4n) is 3.80. The molecule has 0 aromatic heterocycles.